The van der Waals surface area contributed by atoms with Crippen LogP contribution in [0.25, 0.3) is 0 Å². The second kappa shape index (κ2) is 5.23. The molecule has 0 radical (unpaired) electrons. The number of aromatic nitrogens is 1. The zero-order valence-electron chi connectivity index (χ0n) is 10.2. The van der Waals surface area contributed by atoms with Crippen molar-refractivity contribution in [1.82, 2.24) is 10.3 Å². The first kappa shape index (κ1) is 12.6. The van der Waals surface area contributed by atoms with Crippen LogP contribution in [-0.4, -0.2) is 12.0 Å². The van der Waals surface area contributed by atoms with Gasteiger partial charge in [0.05, 0.1) is 11.7 Å². The number of rotatable bonds is 3. The van der Waals surface area contributed by atoms with Crippen LogP contribution in [0.5, 0.6) is 0 Å². The molecule has 1 unspecified atom stereocenters. The van der Waals surface area contributed by atoms with E-state index in [1.54, 1.807) is 13.2 Å². The largest absolute Gasteiger partial charge is 0.308 e. The summed E-state index contributed by atoms with van der Waals surface area (Å²) in [5.74, 6) is -0.902. The van der Waals surface area contributed by atoms with E-state index < -0.39 is 17.7 Å². The number of pyridine rings is 1. The standard InChI is InChI=1S/C14H14F2N2/c1-9-4-3-7-18-13(9)14(17-2)11-8-10(15)5-6-12(11)16/h3-8,14,17H,1-2H3. The molecule has 94 valence electrons. The van der Waals surface area contributed by atoms with Crippen LogP contribution in [0.4, 0.5) is 8.78 Å². The fraction of sp³-hybridized carbons (Fsp3) is 0.214. The fourth-order valence-corrected chi connectivity index (χ4v) is 1.98. The van der Waals surface area contributed by atoms with Gasteiger partial charge in [0.15, 0.2) is 0 Å². The summed E-state index contributed by atoms with van der Waals surface area (Å²) in [7, 11) is 1.70. The molecule has 0 amide bonds. The summed E-state index contributed by atoms with van der Waals surface area (Å²) in [6.45, 7) is 1.89. The minimum Gasteiger partial charge on any atom is -0.308 e. The summed E-state index contributed by atoms with van der Waals surface area (Å²) in [6, 6.07) is 6.69. The number of hydrogen-bond donors (Lipinski definition) is 1. The van der Waals surface area contributed by atoms with Crippen molar-refractivity contribution in [2.45, 2.75) is 13.0 Å². The molecule has 1 N–H and O–H groups in total. The molecule has 2 nitrogen and oxygen atoms in total. The van der Waals surface area contributed by atoms with E-state index in [-0.39, 0.29) is 5.56 Å². The molecule has 0 aliphatic rings. The van der Waals surface area contributed by atoms with Gasteiger partial charge >= 0.3 is 0 Å². The van der Waals surface area contributed by atoms with Crippen LogP contribution in [0, 0.1) is 18.6 Å². The van der Waals surface area contributed by atoms with E-state index >= 15 is 0 Å². The maximum absolute atomic E-state index is 13.8. The normalized spacial score (nSPS) is 12.4. The summed E-state index contributed by atoms with van der Waals surface area (Å²) in [6.07, 6.45) is 1.64. The fourth-order valence-electron chi connectivity index (χ4n) is 1.98. The second-order valence-electron chi connectivity index (χ2n) is 4.09. The molecular weight excluding hydrogens is 234 g/mol. The second-order valence-corrected chi connectivity index (χ2v) is 4.09. The molecule has 1 aromatic carbocycles. The van der Waals surface area contributed by atoms with Gasteiger partial charge in [0.25, 0.3) is 0 Å². The van der Waals surface area contributed by atoms with Crippen LogP contribution in [0.1, 0.15) is 22.9 Å². The third kappa shape index (κ3) is 2.38. The van der Waals surface area contributed by atoms with Crippen LogP contribution in [0.3, 0.4) is 0 Å². The molecule has 1 aromatic heterocycles. The van der Waals surface area contributed by atoms with E-state index in [9.17, 15) is 8.78 Å². The lowest BCUT2D eigenvalue weighted by Gasteiger charge is -2.18. The molecule has 0 spiro atoms. The van der Waals surface area contributed by atoms with Crippen LogP contribution >= 0.6 is 0 Å². The van der Waals surface area contributed by atoms with Gasteiger partial charge in [-0.3, -0.25) is 4.98 Å². The zero-order chi connectivity index (χ0) is 13.1. The van der Waals surface area contributed by atoms with Gasteiger partial charge < -0.3 is 5.32 Å². The van der Waals surface area contributed by atoms with Crippen molar-refractivity contribution in [3.63, 3.8) is 0 Å². The average Bonchev–Trinajstić information content (AvgIpc) is 2.36. The Labute approximate surface area is 105 Å². The van der Waals surface area contributed by atoms with Crippen molar-refractivity contribution in [1.29, 1.82) is 0 Å². The lowest BCUT2D eigenvalue weighted by atomic mass is 9.99. The van der Waals surface area contributed by atoms with Crippen molar-refractivity contribution in [2.75, 3.05) is 7.05 Å². The molecule has 0 bridgehead atoms. The first-order valence-electron chi connectivity index (χ1n) is 5.67. The Balaban J connectivity index is 2.52. The molecule has 1 heterocycles. The predicted molar refractivity (Wildman–Crippen MR) is 66.2 cm³/mol. The first-order valence-corrected chi connectivity index (χ1v) is 5.67. The maximum atomic E-state index is 13.8. The molecule has 0 aliphatic carbocycles. The van der Waals surface area contributed by atoms with Crippen LogP contribution in [-0.2, 0) is 0 Å². The molecular formula is C14H14F2N2. The molecule has 2 rings (SSSR count). The Kier molecular flexibility index (Phi) is 3.67. The van der Waals surface area contributed by atoms with Crippen molar-refractivity contribution < 1.29 is 8.78 Å². The Morgan fingerprint density at radius 2 is 2.00 bits per heavy atom. The highest BCUT2D eigenvalue weighted by molar-refractivity contribution is 5.33. The lowest BCUT2D eigenvalue weighted by Crippen LogP contribution is -2.21. The molecule has 1 atom stereocenters. The van der Waals surface area contributed by atoms with Gasteiger partial charge in [-0.15, -0.1) is 0 Å². The highest BCUT2D eigenvalue weighted by atomic mass is 19.1. The summed E-state index contributed by atoms with van der Waals surface area (Å²) in [4.78, 5) is 4.24. The minimum atomic E-state index is -0.458. The van der Waals surface area contributed by atoms with Crippen molar-refractivity contribution in [3.8, 4) is 0 Å². The maximum Gasteiger partial charge on any atom is 0.128 e. The molecule has 0 fully saturated rings. The van der Waals surface area contributed by atoms with E-state index in [0.717, 1.165) is 17.7 Å². The zero-order valence-corrected chi connectivity index (χ0v) is 10.2. The van der Waals surface area contributed by atoms with Crippen molar-refractivity contribution in [3.05, 3.63) is 65.0 Å². The predicted octanol–water partition coefficient (Wildman–Crippen LogP) is 2.98. The molecule has 0 saturated carbocycles. The Morgan fingerprint density at radius 3 is 2.67 bits per heavy atom. The number of nitrogens with zero attached hydrogens (tertiary/aromatic N) is 1. The highest BCUT2D eigenvalue weighted by Crippen LogP contribution is 2.25. The third-order valence-corrected chi connectivity index (χ3v) is 2.88. The van der Waals surface area contributed by atoms with E-state index in [1.807, 2.05) is 19.1 Å². The van der Waals surface area contributed by atoms with E-state index in [2.05, 4.69) is 10.3 Å². The van der Waals surface area contributed by atoms with Crippen molar-refractivity contribution >= 4 is 0 Å². The monoisotopic (exact) mass is 248 g/mol. The molecule has 2 aromatic rings. The highest BCUT2D eigenvalue weighted by Gasteiger charge is 2.19. The lowest BCUT2D eigenvalue weighted by molar-refractivity contribution is 0.552. The molecule has 18 heavy (non-hydrogen) atoms. The molecule has 0 saturated heterocycles. The number of nitrogens with one attached hydrogen (secondary N) is 1. The summed E-state index contributed by atoms with van der Waals surface area (Å²) < 4.78 is 27.0. The smallest absolute Gasteiger partial charge is 0.128 e. The van der Waals surface area contributed by atoms with Gasteiger partial charge in [-0.1, -0.05) is 6.07 Å². The number of aryl methyl sites for hydroxylation is 1. The average molecular weight is 248 g/mol. The van der Waals surface area contributed by atoms with E-state index in [0.29, 0.717) is 5.69 Å². The van der Waals surface area contributed by atoms with Crippen LogP contribution in [0.15, 0.2) is 36.5 Å². The number of benzene rings is 1. The first-order chi connectivity index (χ1) is 8.63. The SMILES string of the molecule is CNC(c1cc(F)ccc1F)c1ncccc1C. The van der Waals surface area contributed by atoms with Crippen molar-refractivity contribution in [2.24, 2.45) is 0 Å². The summed E-state index contributed by atoms with van der Waals surface area (Å²) in [5, 5.41) is 2.97. The minimum absolute atomic E-state index is 0.263. The third-order valence-electron chi connectivity index (χ3n) is 2.88. The number of hydrogen-bond acceptors (Lipinski definition) is 2. The molecule has 0 aliphatic heterocycles. The summed E-state index contributed by atoms with van der Waals surface area (Å²) in [5.41, 5.74) is 1.89. The van der Waals surface area contributed by atoms with Gasteiger partial charge in [-0.2, -0.15) is 0 Å². The van der Waals surface area contributed by atoms with Gasteiger partial charge in [0.1, 0.15) is 11.6 Å². The quantitative estimate of drug-likeness (QED) is 0.903. The van der Waals surface area contributed by atoms with Crippen LogP contribution in [0.2, 0.25) is 0 Å². The van der Waals surface area contributed by atoms with Gasteiger partial charge in [0.2, 0.25) is 0 Å². The molecule has 4 heteroatoms. The van der Waals surface area contributed by atoms with E-state index in [1.165, 1.54) is 6.07 Å². The topological polar surface area (TPSA) is 24.9 Å². The van der Waals surface area contributed by atoms with Gasteiger partial charge in [0, 0.05) is 11.8 Å². The number of halogens is 2. The summed E-state index contributed by atoms with van der Waals surface area (Å²) >= 11 is 0. The van der Waals surface area contributed by atoms with Crippen LogP contribution < -0.4 is 5.32 Å². The Hall–Kier alpha value is -1.81. The Bertz CT molecular complexity index is 555. The van der Waals surface area contributed by atoms with E-state index in [4.69, 9.17) is 0 Å². The Morgan fingerprint density at radius 1 is 1.22 bits per heavy atom. The van der Waals surface area contributed by atoms with Gasteiger partial charge in [-0.05, 0) is 43.8 Å². The van der Waals surface area contributed by atoms with Gasteiger partial charge in [-0.25, -0.2) is 8.78 Å².